The minimum absolute atomic E-state index is 0.106. The third-order valence-corrected chi connectivity index (χ3v) is 4.48. The molecular weight excluding hydrogens is 360 g/mol. The maximum atomic E-state index is 12.3. The number of nitrogens with zero attached hydrogens (tertiary/aromatic N) is 3. The van der Waals surface area contributed by atoms with Crippen LogP contribution in [0.4, 0.5) is 11.5 Å². The molecule has 2 heterocycles. The van der Waals surface area contributed by atoms with Crippen LogP contribution < -0.4 is 5.32 Å². The normalized spacial score (nSPS) is 14.6. The van der Waals surface area contributed by atoms with Crippen molar-refractivity contribution in [2.75, 3.05) is 31.6 Å². The van der Waals surface area contributed by atoms with Crippen LogP contribution in [-0.2, 0) is 4.74 Å². The minimum Gasteiger partial charge on any atom is -0.378 e. The van der Waals surface area contributed by atoms with Gasteiger partial charge in [0.2, 0.25) is 0 Å². The highest BCUT2D eigenvalue weighted by Gasteiger charge is 2.19. The van der Waals surface area contributed by atoms with Gasteiger partial charge in [0.15, 0.2) is 11.5 Å². The number of hydrogen-bond acceptors (Lipinski definition) is 5. The third kappa shape index (κ3) is 3.86. The highest BCUT2D eigenvalue weighted by Crippen LogP contribution is 2.22. The van der Waals surface area contributed by atoms with E-state index in [0.717, 1.165) is 15.7 Å². The van der Waals surface area contributed by atoms with Crippen molar-refractivity contribution in [1.29, 1.82) is 0 Å². The molecule has 120 valence electrons. The second-order valence-electron chi connectivity index (χ2n) is 5.30. The highest BCUT2D eigenvalue weighted by molar-refractivity contribution is 9.10. The van der Waals surface area contributed by atoms with Crippen LogP contribution in [0.25, 0.3) is 0 Å². The lowest BCUT2D eigenvalue weighted by atomic mass is 10.2. The zero-order valence-electron chi connectivity index (χ0n) is 12.8. The summed E-state index contributed by atoms with van der Waals surface area (Å²) < 4.78 is 6.27. The van der Waals surface area contributed by atoms with Gasteiger partial charge in [-0.15, -0.1) is 10.2 Å². The first kappa shape index (κ1) is 15.9. The van der Waals surface area contributed by atoms with Gasteiger partial charge in [-0.25, -0.2) is 0 Å². The third-order valence-electron chi connectivity index (χ3n) is 3.63. The molecule has 1 N–H and O–H groups in total. The van der Waals surface area contributed by atoms with E-state index in [1.165, 1.54) is 0 Å². The van der Waals surface area contributed by atoms with E-state index in [1.807, 2.05) is 25.1 Å². The zero-order valence-corrected chi connectivity index (χ0v) is 14.3. The first-order valence-corrected chi connectivity index (χ1v) is 8.17. The van der Waals surface area contributed by atoms with Crippen molar-refractivity contribution < 1.29 is 9.53 Å². The van der Waals surface area contributed by atoms with Crippen LogP contribution >= 0.6 is 15.9 Å². The Kier molecular flexibility index (Phi) is 4.88. The average Bonchev–Trinajstić information content (AvgIpc) is 2.59. The summed E-state index contributed by atoms with van der Waals surface area (Å²) in [6, 6.07) is 9.40. The Balaban J connectivity index is 1.68. The van der Waals surface area contributed by atoms with E-state index in [9.17, 15) is 4.79 Å². The van der Waals surface area contributed by atoms with Crippen LogP contribution in [0.5, 0.6) is 0 Å². The van der Waals surface area contributed by atoms with Gasteiger partial charge >= 0.3 is 0 Å². The second-order valence-corrected chi connectivity index (χ2v) is 6.15. The molecular formula is C16H17BrN4O2. The van der Waals surface area contributed by atoms with Gasteiger partial charge in [0.25, 0.3) is 5.91 Å². The largest absolute Gasteiger partial charge is 0.378 e. The summed E-state index contributed by atoms with van der Waals surface area (Å²) in [6.45, 7) is 4.36. The number of anilines is 2. The molecule has 23 heavy (non-hydrogen) atoms. The van der Waals surface area contributed by atoms with Crippen LogP contribution in [0.1, 0.15) is 16.1 Å². The SMILES string of the molecule is Cc1ccc(Nc2ccc(C(=O)N3CCOCC3)nn2)cc1Br. The van der Waals surface area contributed by atoms with Gasteiger partial charge in [0, 0.05) is 23.2 Å². The Bertz CT molecular complexity index is 700. The fourth-order valence-corrected chi connectivity index (χ4v) is 2.64. The number of carbonyl (C=O) groups is 1. The van der Waals surface area contributed by atoms with Gasteiger partial charge in [0.05, 0.1) is 13.2 Å². The summed E-state index contributed by atoms with van der Waals surface area (Å²) in [5.74, 6) is 0.490. The van der Waals surface area contributed by atoms with Crippen LogP contribution in [0, 0.1) is 6.92 Å². The van der Waals surface area contributed by atoms with Crippen molar-refractivity contribution in [3.8, 4) is 0 Å². The average molecular weight is 377 g/mol. The Morgan fingerprint density at radius 1 is 1.22 bits per heavy atom. The fourth-order valence-electron chi connectivity index (χ4n) is 2.26. The highest BCUT2D eigenvalue weighted by atomic mass is 79.9. The van der Waals surface area contributed by atoms with E-state index in [0.29, 0.717) is 37.8 Å². The van der Waals surface area contributed by atoms with Crippen molar-refractivity contribution in [2.45, 2.75) is 6.92 Å². The smallest absolute Gasteiger partial charge is 0.274 e. The van der Waals surface area contributed by atoms with Gasteiger partial charge in [-0.05, 0) is 36.8 Å². The lowest BCUT2D eigenvalue weighted by molar-refractivity contribution is 0.0298. The maximum absolute atomic E-state index is 12.3. The predicted molar refractivity (Wildman–Crippen MR) is 90.9 cm³/mol. The molecule has 1 fully saturated rings. The number of carbonyl (C=O) groups excluding carboxylic acids is 1. The summed E-state index contributed by atoms with van der Waals surface area (Å²) in [5.41, 5.74) is 2.42. The number of halogens is 1. The number of hydrogen-bond donors (Lipinski definition) is 1. The number of aromatic nitrogens is 2. The fraction of sp³-hybridized carbons (Fsp3) is 0.312. The first-order valence-electron chi connectivity index (χ1n) is 7.37. The molecule has 0 radical (unpaired) electrons. The Hall–Kier alpha value is -1.99. The summed E-state index contributed by atoms with van der Waals surface area (Å²) >= 11 is 3.50. The molecule has 0 unspecified atom stereocenters. The second kappa shape index (κ2) is 7.06. The first-order chi connectivity index (χ1) is 11.1. The molecule has 0 aliphatic carbocycles. The lowest BCUT2D eigenvalue weighted by Gasteiger charge is -2.26. The lowest BCUT2D eigenvalue weighted by Crippen LogP contribution is -2.41. The molecule has 0 saturated carbocycles. The summed E-state index contributed by atoms with van der Waals surface area (Å²) in [7, 11) is 0. The van der Waals surface area contributed by atoms with E-state index in [1.54, 1.807) is 17.0 Å². The molecule has 1 amide bonds. The van der Waals surface area contributed by atoms with Crippen LogP contribution in [-0.4, -0.2) is 47.3 Å². The number of amides is 1. The van der Waals surface area contributed by atoms with Crippen LogP contribution in [0.3, 0.4) is 0 Å². The van der Waals surface area contributed by atoms with Crippen LogP contribution in [0.2, 0.25) is 0 Å². The molecule has 0 bridgehead atoms. The Labute approximate surface area is 143 Å². The standard InChI is InChI=1S/C16H17BrN4O2/c1-11-2-3-12(10-13(11)17)18-15-5-4-14(19-20-15)16(22)21-6-8-23-9-7-21/h2-5,10H,6-9H2,1H3,(H,18,20). The summed E-state index contributed by atoms with van der Waals surface area (Å²) in [5, 5.41) is 11.3. The van der Waals surface area contributed by atoms with Crippen molar-refractivity contribution in [1.82, 2.24) is 15.1 Å². The van der Waals surface area contributed by atoms with E-state index < -0.39 is 0 Å². The van der Waals surface area contributed by atoms with Crippen molar-refractivity contribution in [3.05, 3.63) is 46.1 Å². The van der Waals surface area contributed by atoms with Gasteiger partial charge in [-0.1, -0.05) is 22.0 Å². The van der Waals surface area contributed by atoms with E-state index >= 15 is 0 Å². The molecule has 1 saturated heterocycles. The molecule has 1 aromatic carbocycles. The Morgan fingerprint density at radius 3 is 2.65 bits per heavy atom. The molecule has 1 aliphatic rings. The van der Waals surface area contributed by atoms with Crippen molar-refractivity contribution >= 4 is 33.3 Å². The van der Waals surface area contributed by atoms with E-state index in [-0.39, 0.29) is 5.91 Å². The Morgan fingerprint density at radius 2 is 2.00 bits per heavy atom. The summed E-state index contributed by atoms with van der Waals surface area (Å²) in [6.07, 6.45) is 0. The van der Waals surface area contributed by atoms with E-state index in [2.05, 4.69) is 31.4 Å². The molecule has 0 atom stereocenters. The molecule has 0 spiro atoms. The number of ether oxygens (including phenoxy) is 1. The van der Waals surface area contributed by atoms with Gasteiger partial charge in [-0.2, -0.15) is 0 Å². The topological polar surface area (TPSA) is 67.4 Å². The molecule has 1 aromatic heterocycles. The maximum Gasteiger partial charge on any atom is 0.274 e. The quantitative estimate of drug-likeness (QED) is 0.891. The monoisotopic (exact) mass is 376 g/mol. The minimum atomic E-state index is -0.106. The number of benzene rings is 1. The van der Waals surface area contributed by atoms with Gasteiger partial charge < -0.3 is 15.0 Å². The molecule has 7 heteroatoms. The number of aryl methyl sites for hydroxylation is 1. The number of nitrogens with one attached hydrogen (secondary N) is 1. The molecule has 6 nitrogen and oxygen atoms in total. The predicted octanol–water partition coefficient (Wildman–Crippen LogP) is 2.76. The van der Waals surface area contributed by atoms with Crippen molar-refractivity contribution in [3.63, 3.8) is 0 Å². The van der Waals surface area contributed by atoms with Gasteiger partial charge in [-0.3, -0.25) is 4.79 Å². The summed E-state index contributed by atoms with van der Waals surface area (Å²) in [4.78, 5) is 14.0. The number of morpholine rings is 1. The number of rotatable bonds is 3. The molecule has 2 aromatic rings. The van der Waals surface area contributed by atoms with Gasteiger partial charge in [0.1, 0.15) is 0 Å². The molecule has 1 aliphatic heterocycles. The van der Waals surface area contributed by atoms with E-state index in [4.69, 9.17) is 4.74 Å². The molecule has 3 rings (SSSR count). The zero-order chi connectivity index (χ0) is 16.2. The van der Waals surface area contributed by atoms with Crippen LogP contribution in [0.15, 0.2) is 34.8 Å². The van der Waals surface area contributed by atoms with Crippen molar-refractivity contribution in [2.24, 2.45) is 0 Å².